The van der Waals surface area contributed by atoms with E-state index in [0.29, 0.717) is 6.04 Å². The smallest absolute Gasteiger partial charge is 0.123 e. The Bertz CT molecular complexity index is 1200. The highest BCUT2D eigenvalue weighted by Crippen LogP contribution is 2.29. The lowest BCUT2D eigenvalue weighted by molar-refractivity contribution is 0.127. The molecule has 4 nitrogen and oxygen atoms in total. The third kappa shape index (κ3) is 4.14. The van der Waals surface area contributed by atoms with E-state index in [1.165, 1.54) is 21.4 Å². The van der Waals surface area contributed by atoms with Crippen LogP contribution in [-0.4, -0.2) is 52.5 Å². The van der Waals surface area contributed by atoms with Gasteiger partial charge in [0.05, 0.1) is 16.1 Å². The molecule has 3 heterocycles. The Morgan fingerprint density at radius 3 is 2.84 bits per heavy atom. The van der Waals surface area contributed by atoms with E-state index in [2.05, 4.69) is 35.9 Å². The van der Waals surface area contributed by atoms with Gasteiger partial charge in [0.15, 0.2) is 0 Å². The highest BCUT2D eigenvalue weighted by molar-refractivity contribution is 7.11. The van der Waals surface area contributed by atoms with Gasteiger partial charge in [-0.2, -0.15) is 0 Å². The molecule has 1 aliphatic carbocycles. The Balaban J connectivity index is 1.47. The number of nitrogens with zero attached hydrogens (tertiary/aromatic N) is 4. The van der Waals surface area contributed by atoms with E-state index < -0.39 is 0 Å². The molecule has 1 aliphatic heterocycles. The molecule has 2 aliphatic rings. The number of piperazine rings is 1. The fourth-order valence-electron chi connectivity index (χ4n) is 4.63. The standard InChI is InChI=1S/C25H27FN4S/c1-17-28-24-22(31-17)12-8-19-4-3-13-27-23(19)25(24)30-15-14-29(2)21(16-30)11-7-18-5-9-20(26)10-6-18/h3-6,8-10,13,21H,7,11-12,14-16H2,1-2H3. The third-order valence-electron chi connectivity index (χ3n) is 6.37. The maximum absolute atomic E-state index is 13.2. The van der Waals surface area contributed by atoms with Gasteiger partial charge in [0.25, 0.3) is 0 Å². The molecule has 0 saturated carbocycles. The summed E-state index contributed by atoms with van der Waals surface area (Å²) in [5, 5.41) is 3.35. The van der Waals surface area contributed by atoms with Crippen LogP contribution in [0.4, 0.5) is 4.39 Å². The number of benzene rings is 1. The van der Waals surface area contributed by atoms with Gasteiger partial charge in [0.1, 0.15) is 11.5 Å². The number of pyridine rings is 1. The number of aryl methyl sites for hydroxylation is 2. The van der Waals surface area contributed by atoms with Gasteiger partial charge < -0.3 is 4.90 Å². The van der Waals surface area contributed by atoms with Crippen LogP contribution in [0.3, 0.4) is 0 Å². The van der Waals surface area contributed by atoms with Crippen molar-refractivity contribution in [2.45, 2.75) is 32.2 Å². The van der Waals surface area contributed by atoms with Crippen molar-refractivity contribution in [3.05, 3.63) is 80.1 Å². The Morgan fingerprint density at radius 1 is 1.16 bits per heavy atom. The normalized spacial score (nSPS) is 18.9. The number of halogens is 1. The number of likely N-dealkylation sites (N-methyl/N-ethyl adjacent to an activating group) is 1. The molecule has 1 fully saturated rings. The van der Waals surface area contributed by atoms with Crippen LogP contribution in [0, 0.1) is 12.7 Å². The van der Waals surface area contributed by atoms with Crippen LogP contribution in [0.1, 0.15) is 27.6 Å². The molecule has 31 heavy (non-hydrogen) atoms. The molecular formula is C25H27FN4S. The Kier molecular flexibility index (Phi) is 5.59. The molecule has 2 aromatic heterocycles. The lowest BCUT2D eigenvalue weighted by atomic mass is 10.0. The summed E-state index contributed by atoms with van der Waals surface area (Å²) < 4.78 is 13.2. The molecule has 1 aromatic carbocycles. The van der Waals surface area contributed by atoms with E-state index in [9.17, 15) is 4.39 Å². The van der Waals surface area contributed by atoms with Crippen molar-refractivity contribution in [1.29, 1.82) is 0 Å². The Labute approximate surface area is 186 Å². The summed E-state index contributed by atoms with van der Waals surface area (Å²) in [6.07, 6.45) is 7.07. The summed E-state index contributed by atoms with van der Waals surface area (Å²) in [5.41, 5.74) is 3.48. The van der Waals surface area contributed by atoms with Crippen molar-refractivity contribution >= 4 is 23.1 Å². The van der Waals surface area contributed by atoms with Crippen molar-refractivity contribution < 1.29 is 4.39 Å². The van der Waals surface area contributed by atoms with E-state index in [0.717, 1.165) is 54.9 Å². The average Bonchev–Trinajstić information content (AvgIpc) is 3.07. The molecule has 1 unspecified atom stereocenters. The molecule has 0 N–H and O–H groups in total. The lowest BCUT2D eigenvalue weighted by Crippen LogP contribution is -2.52. The zero-order valence-corrected chi connectivity index (χ0v) is 18.8. The third-order valence-corrected chi connectivity index (χ3v) is 7.37. The van der Waals surface area contributed by atoms with E-state index in [1.54, 1.807) is 23.5 Å². The summed E-state index contributed by atoms with van der Waals surface area (Å²) in [6.45, 7) is 5.00. The molecule has 3 aromatic rings. The highest BCUT2D eigenvalue weighted by atomic mass is 32.1. The molecular weight excluding hydrogens is 407 g/mol. The van der Waals surface area contributed by atoms with Gasteiger partial charge in [0.2, 0.25) is 0 Å². The monoisotopic (exact) mass is 434 g/mol. The van der Waals surface area contributed by atoms with E-state index in [4.69, 9.17) is 9.97 Å². The van der Waals surface area contributed by atoms with Crippen molar-refractivity contribution in [3.63, 3.8) is 0 Å². The van der Waals surface area contributed by atoms with Gasteiger partial charge in [-0.25, -0.2) is 9.37 Å². The predicted octanol–water partition coefficient (Wildman–Crippen LogP) is 2.73. The van der Waals surface area contributed by atoms with E-state index in [-0.39, 0.29) is 5.82 Å². The fraction of sp³-hybridized carbons (Fsp3) is 0.360. The number of hydrogen-bond acceptors (Lipinski definition) is 5. The maximum atomic E-state index is 13.2. The highest BCUT2D eigenvalue weighted by Gasteiger charge is 2.29. The Hall–Kier alpha value is -2.57. The van der Waals surface area contributed by atoms with Gasteiger partial charge in [-0.05, 0) is 55.8 Å². The number of thiazole rings is 1. The lowest BCUT2D eigenvalue weighted by Gasteiger charge is -2.41. The summed E-state index contributed by atoms with van der Waals surface area (Å²) in [5.74, 6) is -0.174. The van der Waals surface area contributed by atoms with Crippen LogP contribution in [0.5, 0.6) is 0 Å². The van der Waals surface area contributed by atoms with Gasteiger partial charge >= 0.3 is 0 Å². The summed E-state index contributed by atoms with van der Waals surface area (Å²) in [6, 6.07) is 11.5. The van der Waals surface area contributed by atoms with Crippen molar-refractivity contribution in [2.75, 3.05) is 26.7 Å². The van der Waals surface area contributed by atoms with Crippen LogP contribution in [0.2, 0.25) is 0 Å². The first-order chi connectivity index (χ1) is 15.1. The molecule has 5 rings (SSSR count). The second kappa shape index (κ2) is 8.52. The molecule has 160 valence electrons. The molecule has 0 radical (unpaired) electrons. The van der Waals surface area contributed by atoms with Gasteiger partial charge in [-0.3, -0.25) is 9.88 Å². The van der Waals surface area contributed by atoms with Crippen LogP contribution >= 0.6 is 11.3 Å². The number of aromatic nitrogens is 2. The Morgan fingerprint density at radius 2 is 2.00 bits per heavy atom. The first-order valence-corrected chi connectivity index (χ1v) is 11.7. The quantitative estimate of drug-likeness (QED) is 0.632. The van der Waals surface area contributed by atoms with Gasteiger partial charge in [0, 0.05) is 43.2 Å². The fourth-order valence-corrected chi connectivity index (χ4v) is 5.53. The first kappa shape index (κ1) is 20.3. The van der Waals surface area contributed by atoms with Crippen LogP contribution in [0.15, 0.2) is 42.6 Å². The van der Waals surface area contributed by atoms with Crippen LogP contribution in [0.25, 0.3) is 11.8 Å². The molecule has 0 spiro atoms. The summed E-state index contributed by atoms with van der Waals surface area (Å²) in [7, 11) is 2.21. The summed E-state index contributed by atoms with van der Waals surface area (Å²) in [4.78, 5) is 16.0. The van der Waals surface area contributed by atoms with E-state index in [1.807, 2.05) is 24.4 Å². The van der Waals surface area contributed by atoms with Crippen molar-refractivity contribution in [3.8, 4) is 0 Å². The zero-order chi connectivity index (χ0) is 21.4. The largest absolute Gasteiger partial charge is 0.365 e. The molecule has 0 amide bonds. The minimum atomic E-state index is -0.174. The van der Waals surface area contributed by atoms with Crippen molar-refractivity contribution in [1.82, 2.24) is 19.8 Å². The molecule has 6 heteroatoms. The topological polar surface area (TPSA) is 32.3 Å². The summed E-state index contributed by atoms with van der Waals surface area (Å²) >= 11 is 1.79. The molecule has 1 atom stereocenters. The zero-order valence-electron chi connectivity index (χ0n) is 18.0. The van der Waals surface area contributed by atoms with Crippen molar-refractivity contribution in [2.24, 2.45) is 0 Å². The second-order valence-electron chi connectivity index (χ2n) is 8.45. The van der Waals surface area contributed by atoms with E-state index >= 15 is 0 Å². The minimum Gasteiger partial charge on any atom is -0.365 e. The predicted molar refractivity (Wildman–Crippen MR) is 124 cm³/mol. The first-order valence-electron chi connectivity index (χ1n) is 10.9. The molecule has 1 saturated heterocycles. The number of fused-ring (bicyclic) bond motifs is 2. The SMILES string of the molecule is Cc1nc2c(s1)CC=c1cccnc1=C2N1CCN(C)C(CCc2ccc(F)cc2)C1. The number of hydrogen-bond donors (Lipinski definition) is 0. The minimum absolute atomic E-state index is 0.174. The molecule has 0 bridgehead atoms. The second-order valence-corrected chi connectivity index (χ2v) is 9.74. The number of rotatable bonds is 4. The average molecular weight is 435 g/mol. The van der Waals surface area contributed by atoms with Gasteiger partial charge in [-0.15, -0.1) is 11.3 Å². The van der Waals surface area contributed by atoms with Gasteiger partial charge in [-0.1, -0.05) is 24.3 Å². The maximum Gasteiger partial charge on any atom is 0.123 e. The van der Waals surface area contributed by atoms with Crippen LogP contribution < -0.4 is 10.6 Å². The van der Waals surface area contributed by atoms with Crippen LogP contribution in [-0.2, 0) is 12.8 Å².